The number of carbonyl (C=O) groups is 1. The van der Waals surface area contributed by atoms with Gasteiger partial charge in [-0.2, -0.15) is 13.2 Å². The van der Waals surface area contributed by atoms with Crippen molar-refractivity contribution in [1.29, 1.82) is 0 Å². The molecule has 27 heavy (non-hydrogen) atoms. The van der Waals surface area contributed by atoms with Gasteiger partial charge in [0.05, 0.1) is 17.3 Å². The Morgan fingerprint density at radius 1 is 1.00 bits per heavy atom. The lowest BCUT2D eigenvalue weighted by Gasteiger charge is -2.31. The fourth-order valence-electron chi connectivity index (χ4n) is 3.29. The highest BCUT2D eigenvalue weighted by Gasteiger charge is 2.37. The topological polar surface area (TPSA) is 20.3 Å². The fourth-order valence-corrected chi connectivity index (χ4v) is 3.29. The van der Waals surface area contributed by atoms with Crippen molar-refractivity contribution in [2.45, 2.75) is 19.1 Å². The van der Waals surface area contributed by atoms with Crippen molar-refractivity contribution in [3.63, 3.8) is 0 Å². The van der Waals surface area contributed by atoms with Crippen LogP contribution in [0, 0.1) is 0 Å². The van der Waals surface area contributed by atoms with E-state index in [9.17, 15) is 18.0 Å². The molecule has 0 saturated carbocycles. The largest absolute Gasteiger partial charge is 0.418 e. The number of hydrogen-bond acceptors (Lipinski definition) is 1. The Balaban J connectivity index is 2.20. The zero-order valence-corrected chi connectivity index (χ0v) is 14.7. The third-order valence-electron chi connectivity index (χ3n) is 4.54. The van der Waals surface area contributed by atoms with E-state index in [0.29, 0.717) is 0 Å². The monoisotopic (exact) mass is 369 g/mol. The predicted molar refractivity (Wildman–Crippen MR) is 101 cm³/mol. The maximum Gasteiger partial charge on any atom is 0.418 e. The SMILES string of the molecule is C=CC(=O)N(c1ccccc1C(F)(F)F)[C@H](C)c1cccc2ccccc12. The summed E-state index contributed by atoms with van der Waals surface area (Å²) >= 11 is 0. The lowest BCUT2D eigenvalue weighted by molar-refractivity contribution is -0.137. The molecule has 0 radical (unpaired) electrons. The molecule has 0 heterocycles. The summed E-state index contributed by atoms with van der Waals surface area (Å²) < 4.78 is 40.6. The van der Waals surface area contributed by atoms with Crippen LogP contribution in [0.1, 0.15) is 24.1 Å². The summed E-state index contributed by atoms with van der Waals surface area (Å²) in [5.41, 5.74) is -0.275. The molecule has 138 valence electrons. The van der Waals surface area contributed by atoms with E-state index in [1.165, 1.54) is 18.2 Å². The van der Waals surface area contributed by atoms with Crippen LogP contribution in [0.3, 0.4) is 0 Å². The molecule has 0 spiro atoms. The summed E-state index contributed by atoms with van der Waals surface area (Å²) in [5, 5.41) is 1.84. The number of halogens is 3. The Kier molecular flexibility index (Phi) is 5.04. The van der Waals surface area contributed by atoms with E-state index in [1.54, 1.807) is 6.92 Å². The minimum atomic E-state index is -4.57. The zero-order chi connectivity index (χ0) is 19.6. The standard InChI is InChI=1S/C22H18F3NO/c1-3-21(27)26(20-14-7-6-13-19(20)22(23,24)25)15(2)17-12-8-10-16-9-4-5-11-18(16)17/h3-15H,1H2,2H3/t15-/m1/s1. The van der Waals surface area contributed by atoms with Crippen molar-refractivity contribution in [2.75, 3.05) is 4.90 Å². The first-order chi connectivity index (χ1) is 12.8. The van der Waals surface area contributed by atoms with E-state index in [2.05, 4.69) is 6.58 Å². The van der Waals surface area contributed by atoms with Crippen molar-refractivity contribution in [3.8, 4) is 0 Å². The second kappa shape index (κ2) is 7.27. The van der Waals surface area contributed by atoms with Crippen molar-refractivity contribution in [3.05, 3.63) is 90.5 Å². The molecule has 3 aromatic carbocycles. The smallest absolute Gasteiger partial charge is 0.301 e. The molecule has 1 amide bonds. The lowest BCUT2D eigenvalue weighted by Crippen LogP contribution is -2.34. The van der Waals surface area contributed by atoms with Crippen LogP contribution in [0.15, 0.2) is 79.4 Å². The van der Waals surface area contributed by atoms with Crippen LogP contribution in [-0.2, 0) is 11.0 Å². The van der Waals surface area contributed by atoms with Gasteiger partial charge in [-0.1, -0.05) is 61.2 Å². The van der Waals surface area contributed by atoms with Crippen LogP contribution >= 0.6 is 0 Å². The van der Waals surface area contributed by atoms with Crippen LogP contribution in [0.25, 0.3) is 10.8 Å². The maximum atomic E-state index is 13.5. The number of alkyl halides is 3. The van der Waals surface area contributed by atoms with E-state index in [-0.39, 0.29) is 5.69 Å². The van der Waals surface area contributed by atoms with Gasteiger partial charge in [-0.3, -0.25) is 4.79 Å². The van der Waals surface area contributed by atoms with Crippen LogP contribution in [-0.4, -0.2) is 5.91 Å². The molecule has 0 saturated heterocycles. The van der Waals surface area contributed by atoms with E-state index in [0.717, 1.165) is 33.4 Å². The highest BCUT2D eigenvalue weighted by atomic mass is 19.4. The number of anilines is 1. The minimum absolute atomic E-state index is 0.185. The highest BCUT2D eigenvalue weighted by Crippen LogP contribution is 2.40. The first kappa shape index (κ1) is 18.7. The maximum absolute atomic E-state index is 13.5. The van der Waals surface area contributed by atoms with E-state index in [1.807, 2.05) is 42.5 Å². The molecule has 3 aromatic rings. The number of benzene rings is 3. The summed E-state index contributed by atoms with van der Waals surface area (Å²) in [6.45, 7) is 5.18. The number of para-hydroxylation sites is 1. The van der Waals surface area contributed by atoms with Gasteiger partial charge in [0.1, 0.15) is 0 Å². The van der Waals surface area contributed by atoms with Crippen molar-refractivity contribution in [2.24, 2.45) is 0 Å². The van der Waals surface area contributed by atoms with Crippen LogP contribution in [0.5, 0.6) is 0 Å². The molecule has 0 aromatic heterocycles. The first-order valence-corrected chi connectivity index (χ1v) is 8.44. The molecule has 5 heteroatoms. The third kappa shape index (κ3) is 3.58. The molecule has 1 atom stereocenters. The van der Waals surface area contributed by atoms with Crippen molar-refractivity contribution < 1.29 is 18.0 Å². The molecule has 2 nitrogen and oxygen atoms in total. The van der Waals surface area contributed by atoms with Crippen LogP contribution < -0.4 is 4.90 Å². The number of nitrogens with zero attached hydrogens (tertiary/aromatic N) is 1. The average molecular weight is 369 g/mol. The number of rotatable bonds is 4. The van der Waals surface area contributed by atoms with Gasteiger partial charge in [0, 0.05) is 0 Å². The van der Waals surface area contributed by atoms with E-state index in [4.69, 9.17) is 0 Å². The first-order valence-electron chi connectivity index (χ1n) is 8.44. The van der Waals surface area contributed by atoms with Crippen LogP contribution in [0.2, 0.25) is 0 Å². The Labute approximate surface area is 155 Å². The van der Waals surface area contributed by atoms with E-state index >= 15 is 0 Å². The zero-order valence-electron chi connectivity index (χ0n) is 14.7. The quantitative estimate of drug-likeness (QED) is 0.506. The highest BCUT2D eigenvalue weighted by molar-refractivity contribution is 6.03. The summed E-state index contributed by atoms with van der Waals surface area (Å²) in [5.74, 6) is -0.591. The van der Waals surface area contributed by atoms with Gasteiger partial charge < -0.3 is 4.90 Å². The normalized spacial score (nSPS) is 12.6. The number of hydrogen-bond donors (Lipinski definition) is 0. The Morgan fingerprint density at radius 3 is 2.33 bits per heavy atom. The van der Waals surface area contributed by atoms with Gasteiger partial charge >= 0.3 is 6.18 Å². The molecule has 0 aliphatic carbocycles. The molecule has 3 rings (SSSR count). The summed E-state index contributed by atoms with van der Waals surface area (Å²) in [6.07, 6.45) is -3.54. The van der Waals surface area contributed by atoms with Crippen molar-refractivity contribution >= 4 is 22.4 Å². The van der Waals surface area contributed by atoms with Gasteiger partial charge in [-0.15, -0.1) is 0 Å². The van der Waals surface area contributed by atoms with Gasteiger partial charge in [0.15, 0.2) is 0 Å². The van der Waals surface area contributed by atoms with Gasteiger partial charge in [0.25, 0.3) is 5.91 Å². The predicted octanol–water partition coefficient (Wildman–Crippen LogP) is 6.14. The molecule has 0 aliphatic rings. The number of amides is 1. The Bertz CT molecular complexity index is 989. The molecule has 0 fully saturated rings. The minimum Gasteiger partial charge on any atom is -0.301 e. The molecular formula is C22H18F3NO. The van der Waals surface area contributed by atoms with Gasteiger partial charge in [-0.05, 0) is 41.5 Å². The fraction of sp³-hybridized carbons (Fsp3) is 0.136. The molecule has 0 aliphatic heterocycles. The van der Waals surface area contributed by atoms with Crippen molar-refractivity contribution in [1.82, 2.24) is 0 Å². The third-order valence-corrected chi connectivity index (χ3v) is 4.54. The summed E-state index contributed by atoms with van der Waals surface area (Å²) in [7, 11) is 0. The number of fused-ring (bicyclic) bond motifs is 1. The second-order valence-electron chi connectivity index (χ2n) is 6.17. The lowest BCUT2D eigenvalue weighted by atomic mass is 9.97. The van der Waals surface area contributed by atoms with Gasteiger partial charge in [0.2, 0.25) is 0 Å². The van der Waals surface area contributed by atoms with Gasteiger partial charge in [-0.25, -0.2) is 0 Å². The summed E-state index contributed by atoms with van der Waals surface area (Å²) in [6, 6.07) is 17.6. The van der Waals surface area contributed by atoms with E-state index < -0.39 is 23.7 Å². The molecule has 0 unspecified atom stereocenters. The molecule has 0 bridgehead atoms. The second-order valence-corrected chi connectivity index (χ2v) is 6.17. The van der Waals surface area contributed by atoms with Crippen LogP contribution in [0.4, 0.5) is 18.9 Å². The Hall–Kier alpha value is -3.08. The molecular weight excluding hydrogens is 351 g/mol. The summed E-state index contributed by atoms with van der Waals surface area (Å²) in [4.78, 5) is 13.7. The Morgan fingerprint density at radius 2 is 1.63 bits per heavy atom. The number of carbonyl (C=O) groups excluding carboxylic acids is 1. The average Bonchev–Trinajstić information content (AvgIpc) is 2.67. The molecule has 0 N–H and O–H groups in total.